The van der Waals surface area contributed by atoms with Crippen molar-refractivity contribution in [2.75, 3.05) is 25.1 Å². The lowest BCUT2D eigenvalue weighted by molar-refractivity contribution is 0.216. The van der Waals surface area contributed by atoms with Gasteiger partial charge in [-0.15, -0.1) is 0 Å². The zero-order valence-corrected chi connectivity index (χ0v) is 15.6. The number of nitrogens with zero attached hydrogens (tertiary/aromatic N) is 2. The van der Waals surface area contributed by atoms with Crippen LogP contribution in [0.4, 0.5) is 5.69 Å². The number of aromatic nitrogens is 1. The van der Waals surface area contributed by atoms with Gasteiger partial charge in [-0.25, -0.2) is 4.98 Å². The average Bonchev–Trinajstić information content (AvgIpc) is 3.03. The van der Waals surface area contributed by atoms with Crippen molar-refractivity contribution in [3.8, 4) is 5.88 Å². The van der Waals surface area contributed by atoms with Gasteiger partial charge in [0.15, 0.2) is 0 Å². The minimum atomic E-state index is 0.0697. The molecule has 3 rings (SSSR count). The Morgan fingerprint density at radius 3 is 3.04 bits per heavy atom. The number of anilines is 1. The summed E-state index contributed by atoms with van der Waals surface area (Å²) in [4.78, 5) is 6.51. The molecule has 4 nitrogen and oxygen atoms in total. The lowest BCUT2D eigenvalue weighted by atomic mass is 10.1. The zero-order chi connectivity index (χ0) is 16.9. The molecule has 1 aliphatic rings. The van der Waals surface area contributed by atoms with Gasteiger partial charge < -0.3 is 14.4 Å². The van der Waals surface area contributed by atoms with E-state index in [4.69, 9.17) is 21.1 Å². The van der Waals surface area contributed by atoms with Gasteiger partial charge in [0.05, 0.1) is 19.9 Å². The van der Waals surface area contributed by atoms with E-state index in [0.29, 0.717) is 10.9 Å². The molecule has 24 heavy (non-hydrogen) atoms. The maximum Gasteiger partial charge on any atom is 0.232 e. The fourth-order valence-corrected chi connectivity index (χ4v) is 3.29. The van der Waals surface area contributed by atoms with Gasteiger partial charge in [0, 0.05) is 34.9 Å². The van der Waals surface area contributed by atoms with Gasteiger partial charge in [0.25, 0.3) is 0 Å². The molecule has 0 amide bonds. The zero-order valence-electron chi connectivity index (χ0n) is 13.3. The fourth-order valence-electron chi connectivity index (χ4n) is 2.75. The molecule has 126 valence electrons. The van der Waals surface area contributed by atoms with Gasteiger partial charge in [0.2, 0.25) is 5.88 Å². The lowest BCUT2D eigenvalue weighted by Crippen LogP contribution is -2.25. The van der Waals surface area contributed by atoms with Gasteiger partial charge in [0.1, 0.15) is 11.1 Å². The van der Waals surface area contributed by atoms with E-state index in [2.05, 4.69) is 37.9 Å². The third-order valence-electron chi connectivity index (χ3n) is 3.86. The summed E-state index contributed by atoms with van der Waals surface area (Å²) in [6.45, 7) is 1.72. The Bertz CT molecular complexity index is 739. The molecule has 0 saturated carbocycles. The van der Waals surface area contributed by atoms with Crippen LogP contribution in [0.15, 0.2) is 47.3 Å². The normalized spacial score (nSPS) is 17.5. The van der Waals surface area contributed by atoms with E-state index in [1.54, 1.807) is 31.7 Å². The first kappa shape index (κ1) is 17.1. The number of pyridine rings is 1. The summed E-state index contributed by atoms with van der Waals surface area (Å²) in [5, 5.41) is 0.545. The molecule has 0 radical (unpaired) electrons. The van der Waals surface area contributed by atoms with Crippen LogP contribution in [0.2, 0.25) is 5.02 Å². The third kappa shape index (κ3) is 4.02. The van der Waals surface area contributed by atoms with Crippen molar-refractivity contribution in [2.45, 2.75) is 12.5 Å². The summed E-state index contributed by atoms with van der Waals surface area (Å²) in [7, 11) is 1.64. The Kier molecular flexibility index (Phi) is 5.63. The SMILES string of the molecule is CO/C=C/c1cc(Br)ccc1N1CCC(Oc2ncccc2Cl)C1. The second-order valence-electron chi connectivity index (χ2n) is 5.51. The van der Waals surface area contributed by atoms with Gasteiger partial charge in [-0.1, -0.05) is 27.5 Å². The smallest absolute Gasteiger partial charge is 0.232 e. The second-order valence-corrected chi connectivity index (χ2v) is 6.83. The third-order valence-corrected chi connectivity index (χ3v) is 4.64. The predicted molar refractivity (Wildman–Crippen MR) is 101 cm³/mol. The summed E-state index contributed by atoms with van der Waals surface area (Å²) in [5.41, 5.74) is 2.26. The molecule has 2 aromatic rings. The van der Waals surface area contributed by atoms with Crippen LogP contribution in [0.25, 0.3) is 6.08 Å². The highest BCUT2D eigenvalue weighted by molar-refractivity contribution is 9.10. The van der Waals surface area contributed by atoms with E-state index in [1.165, 1.54) is 0 Å². The topological polar surface area (TPSA) is 34.6 Å². The summed E-state index contributed by atoms with van der Waals surface area (Å²) in [5.74, 6) is 0.501. The molecule has 0 aliphatic carbocycles. The molecule has 1 unspecified atom stereocenters. The molecular formula is C18H18BrClN2O2. The first-order chi connectivity index (χ1) is 11.7. The number of hydrogen-bond donors (Lipinski definition) is 0. The van der Waals surface area contributed by atoms with Gasteiger partial charge in [-0.2, -0.15) is 0 Å². The summed E-state index contributed by atoms with van der Waals surface area (Å²) < 4.78 is 12.1. The van der Waals surface area contributed by atoms with Crippen LogP contribution in [0.1, 0.15) is 12.0 Å². The standard InChI is InChI=1S/C18H18BrClN2O2/c1-23-10-7-13-11-14(19)4-5-17(13)22-9-6-15(12-22)24-18-16(20)3-2-8-21-18/h2-5,7-8,10-11,15H,6,9,12H2,1H3/b10-7+. The Labute approximate surface area is 155 Å². The number of rotatable bonds is 5. The van der Waals surface area contributed by atoms with Crippen LogP contribution in [0.5, 0.6) is 5.88 Å². The molecule has 1 fully saturated rings. The predicted octanol–water partition coefficient (Wildman–Crippen LogP) is 4.77. The molecule has 1 aromatic carbocycles. The van der Waals surface area contributed by atoms with E-state index in [9.17, 15) is 0 Å². The van der Waals surface area contributed by atoms with E-state index in [1.807, 2.05) is 12.1 Å². The molecule has 1 atom stereocenters. The minimum absolute atomic E-state index is 0.0697. The molecule has 2 heterocycles. The van der Waals surface area contributed by atoms with E-state index in [-0.39, 0.29) is 6.10 Å². The highest BCUT2D eigenvalue weighted by Gasteiger charge is 2.26. The maximum atomic E-state index is 6.13. The Morgan fingerprint density at radius 2 is 2.25 bits per heavy atom. The van der Waals surface area contributed by atoms with Crippen LogP contribution >= 0.6 is 27.5 Å². The van der Waals surface area contributed by atoms with Crippen LogP contribution in [-0.2, 0) is 4.74 Å². The number of ether oxygens (including phenoxy) is 2. The van der Waals surface area contributed by atoms with Crippen LogP contribution in [0, 0.1) is 0 Å². The summed E-state index contributed by atoms with van der Waals surface area (Å²) >= 11 is 9.65. The number of halogens is 2. The van der Waals surface area contributed by atoms with Crippen molar-refractivity contribution in [3.05, 3.63) is 57.8 Å². The fraction of sp³-hybridized carbons (Fsp3) is 0.278. The molecular weight excluding hydrogens is 392 g/mol. The van der Waals surface area contributed by atoms with Gasteiger partial charge in [-0.05, 0) is 36.4 Å². The molecule has 0 N–H and O–H groups in total. The Morgan fingerprint density at radius 1 is 1.38 bits per heavy atom. The largest absolute Gasteiger partial charge is 0.504 e. The molecule has 1 aromatic heterocycles. The van der Waals surface area contributed by atoms with E-state index >= 15 is 0 Å². The average molecular weight is 410 g/mol. The summed E-state index contributed by atoms with van der Waals surface area (Å²) in [6.07, 6.45) is 6.33. The number of hydrogen-bond acceptors (Lipinski definition) is 4. The maximum absolute atomic E-state index is 6.13. The molecule has 0 bridgehead atoms. The monoisotopic (exact) mass is 408 g/mol. The van der Waals surface area contributed by atoms with E-state index in [0.717, 1.165) is 35.2 Å². The van der Waals surface area contributed by atoms with Crippen LogP contribution in [0.3, 0.4) is 0 Å². The van der Waals surface area contributed by atoms with Crippen molar-refractivity contribution in [1.82, 2.24) is 4.98 Å². The highest BCUT2D eigenvalue weighted by Crippen LogP contribution is 2.30. The lowest BCUT2D eigenvalue weighted by Gasteiger charge is -2.21. The van der Waals surface area contributed by atoms with Crippen molar-refractivity contribution < 1.29 is 9.47 Å². The van der Waals surface area contributed by atoms with Crippen molar-refractivity contribution in [1.29, 1.82) is 0 Å². The van der Waals surface area contributed by atoms with Gasteiger partial charge >= 0.3 is 0 Å². The van der Waals surface area contributed by atoms with Crippen LogP contribution < -0.4 is 9.64 Å². The Balaban J connectivity index is 1.74. The quantitative estimate of drug-likeness (QED) is 0.666. The van der Waals surface area contributed by atoms with Gasteiger partial charge in [-0.3, -0.25) is 0 Å². The highest BCUT2D eigenvalue weighted by atomic mass is 79.9. The second kappa shape index (κ2) is 7.90. The molecule has 6 heteroatoms. The Hall–Kier alpha value is -1.72. The van der Waals surface area contributed by atoms with Crippen molar-refractivity contribution >= 4 is 39.3 Å². The molecule has 1 saturated heterocycles. The number of methoxy groups -OCH3 is 1. The molecule has 0 spiro atoms. The minimum Gasteiger partial charge on any atom is -0.504 e. The van der Waals surface area contributed by atoms with Crippen molar-refractivity contribution in [2.24, 2.45) is 0 Å². The first-order valence-electron chi connectivity index (χ1n) is 7.68. The number of benzene rings is 1. The van der Waals surface area contributed by atoms with E-state index < -0.39 is 0 Å². The first-order valence-corrected chi connectivity index (χ1v) is 8.85. The summed E-state index contributed by atoms with van der Waals surface area (Å²) in [6, 6.07) is 9.82. The molecule has 1 aliphatic heterocycles. The van der Waals surface area contributed by atoms with Crippen LogP contribution in [-0.4, -0.2) is 31.3 Å². The van der Waals surface area contributed by atoms with Crippen molar-refractivity contribution in [3.63, 3.8) is 0 Å².